The van der Waals surface area contributed by atoms with E-state index >= 15 is 0 Å². The molecule has 0 fully saturated rings. The molecule has 0 spiro atoms. The molecule has 0 aliphatic rings. The molecule has 44 valence electrons. The molecule has 0 aromatic rings. The molecule has 0 rings (SSSR count). The summed E-state index contributed by atoms with van der Waals surface area (Å²) in [6.07, 6.45) is 8.17. The Bertz CT molecular complexity index is 106. The Morgan fingerprint density at radius 3 is 2.62 bits per heavy atom. The largest absolute Gasteiger partial charge is 0.498 e. The van der Waals surface area contributed by atoms with Crippen LogP contribution < -0.4 is 0 Å². The van der Waals surface area contributed by atoms with E-state index < -0.39 is 0 Å². The first-order chi connectivity index (χ1) is 3.77. The molecule has 0 unspecified atom stereocenters. The molecule has 0 radical (unpaired) electrons. The van der Waals surface area contributed by atoms with Gasteiger partial charge in [0, 0.05) is 6.08 Å². The summed E-state index contributed by atoms with van der Waals surface area (Å²) in [5.74, 6) is 2.32. The van der Waals surface area contributed by atoms with Crippen LogP contribution >= 0.6 is 0 Å². The van der Waals surface area contributed by atoms with Crippen LogP contribution in [0.15, 0.2) is 12.3 Å². The molecule has 0 amide bonds. The van der Waals surface area contributed by atoms with Crippen molar-refractivity contribution < 1.29 is 4.74 Å². The number of hydrogen-bond acceptors (Lipinski definition) is 1. The second-order valence-corrected chi connectivity index (χ2v) is 1.65. The van der Waals surface area contributed by atoms with Gasteiger partial charge in [0.25, 0.3) is 0 Å². The number of allylic oxidation sites excluding steroid dienone is 1. The van der Waals surface area contributed by atoms with Gasteiger partial charge in [0.15, 0.2) is 0 Å². The average molecular weight is 110 g/mol. The Labute approximate surface area is 50.4 Å². The molecule has 0 atom stereocenters. The zero-order chi connectivity index (χ0) is 6.41. The minimum absolute atomic E-state index is 0.222. The highest BCUT2D eigenvalue weighted by Crippen LogP contribution is 1.86. The first kappa shape index (κ1) is 7.10. The fourth-order valence-corrected chi connectivity index (χ4v) is 0.236. The molecule has 0 N–H and O–H groups in total. The fourth-order valence-electron chi connectivity index (χ4n) is 0.236. The predicted octanol–water partition coefficient (Wildman–Crippen LogP) is 1.56. The Morgan fingerprint density at radius 2 is 2.25 bits per heavy atom. The van der Waals surface area contributed by atoms with E-state index in [9.17, 15) is 0 Å². The van der Waals surface area contributed by atoms with Crippen molar-refractivity contribution in [1.82, 2.24) is 0 Å². The Kier molecular flexibility index (Phi) is 3.78. The van der Waals surface area contributed by atoms with Crippen molar-refractivity contribution in [1.29, 1.82) is 0 Å². The molecule has 1 nitrogen and oxygen atoms in total. The third-order valence-corrected chi connectivity index (χ3v) is 0.515. The van der Waals surface area contributed by atoms with Gasteiger partial charge in [0.2, 0.25) is 0 Å². The van der Waals surface area contributed by atoms with Crippen molar-refractivity contribution in [2.45, 2.75) is 20.0 Å². The normalized spacial score (nSPS) is 9.75. The van der Waals surface area contributed by atoms with Crippen molar-refractivity contribution in [3.8, 4) is 12.3 Å². The third-order valence-electron chi connectivity index (χ3n) is 0.515. The van der Waals surface area contributed by atoms with E-state index in [-0.39, 0.29) is 6.10 Å². The van der Waals surface area contributed by atoms with E-state index in [0.717, 1.165) is 0 Å². The van der Waals surface area contributed by atoms with Gasteiger partial charge in [-0.15, -0.1) is 6.42 Å². The standard InChI is InChI=1S/C7H10O/c1-4-5-6-8-7(2)3/h1,5-7H,2-3H3/b6-5+. The van der Waals surface area contributed by atoms with Crippen molar-refractivity contribution in [3.63, 3.8) is 0 Å². The lowest BCUT2D eigenvalue weighted by atomic mass is 10.5. The van der Waals surface area contributed by atoms with E-state index in [1.165, 1.54) is 12.3 Å². The monoisotopic (exact) mass is 110 g/mol. The number of terminal acetylenes is 1. The van der Waals surface area contributed by atoms with Crippen LogP contribution in [-0.2, 0) is 4.74 Å². The molecule has 0 saturated heterocycles. The Hall–Kier alpha value is -0.900. The van der Waals surface area contributed by atoms with E-state index in [4.69, 9.17) is 11.2 Å². The SMILES string of the molecule is C#C/C=C/OC(C)C. The Balaban J connectivity index is 3.19. The van der Waals surface area contributed by atoms with Gasteiger partial charge in [-0.05, 0) is 13.8 Å². The van der Waals surface area contributed by atoms with Crippen LogP contribution in [0.5, 0.6) is 0 Å². The van der Waals surface area contributed by atoms with Crippen molar-refractivity contribution >= 4 is 0 Å². The minimum atomic E-state index is 0.222. The summed E-state index contributed by atoms with van der Waals surface area (Å²) in [5, 5.41) is 0. The summed E-state index contributed by atoms with van der Waals surface area (Å²) < 4.78 is 4.96. The molecule has 0 saturated carbocycles. The van der Waals surface area contributed by atoms with E-state index in [0.29, 0.717) is 0 Å². The first-order valence-electron chi connectivity index (χ1n) is 2.54. The van der Waals surface area contributed by atoms with Gasteiger partial charge in [-0.3, -0.25) is 0 Å². The highest BCUT2D eigenvalue weighted by molar-refractivity contribution is 5.06. The van der Waals surface area contributed by atoms with Gasteiger partial charge < -0.3 is 4.74 Å². The summed E-state index contributed by atoms with van der Waals surface area (Å²) in [5.41, 5.74) is 0. The summed E-state index contributed by atoms with van der Waals surface area (Å²) in [4.78, 5) is 0. The summed E-state index contributed by atoms with van der Waals surface area (Å²) in [6.45, 7) is 3.89. The van der Waals surface area contributed by atoms with Gasteiger partial charge in [-0.1, -0.05) is 5.92 Å². The third kappa shape index (κ3) is 5.10. The van der Waals surface area contributed by atoms with Crippen LogP contribution in [0.2, 0.25) is 0 Å². The van der Waals surface area contributed by atoms with Gasteiger partial charge >= 0.3 is 0 Å². The minimum Gasteiger partial charge on any atom is -0.498 e. The molecule has 0 aromatic heterocycles. The van der Waals surface area contributed by atoms with Gasteiger partial charge in [0.05, 0.1) is 12.4 Å². The average Bonchev–Trinajstić information content (AvgIpc) is 1.66. The zero-order valence-corrected chi connectivity index (χ0v) is 5.22. The van der Waals surface area contributed by atoms with Crippen LogP contribution in [0, 0.1) is 12.3 Å². The lowest BCUT2D eigenvalue weighted by Gasteiger charge is -2.00. The summed E-state index contributed by atoms with van der Waals surface area (Å²) >= 11 is 0. The number of rotatable bonds is 2. The lowest BCUT2D eigenvalue weighted by Crippen LogP contribution is -1.93. The van der Waals surface area contributed by atoms with Crippen LogP contribution in [0.4, 0.5) is 0 Å². The second kappa shape index (κ2) is 4.26. The molecule has 0 heterocycles. The maximum atomic E-state index is 4.96. The highest BCUT2D eigenvalue weighted by atomic mass is 16.5. The summed E-state index contributed by atoms with van der Waals surface area (Å²) in [6, 6.07) is 0. The van der Waals surface area contributed by atoms with E-state index in [2.05, 4.69) is 5.92 Å². The van der Waals surface area contributed by atoms with E-state index in [1.807, 2.05) is 13.8 Å². The molecule has 0 aliphatic carbocycles. The van der Waals surface area contributed by atoms with Crippen LogP contribution in [-0.4, -0.2) is 6.10 Å². The van der Waals surface area contributed by atoms with Gasteiger partial charge in [-0.25, -0.2) is 0 Å². The van der Waals surface area contributed by atoms with E-state index in [1.54, 1.807) is 0 Å². The van der Waals surface area contributed by atoms with Crippen LogP contribution in [0.1, 0.15) is 13.8 Å². The predicted molar refractivity (Wildman–Crippen MR) is 34.2 cm³/mol. The number of hydrogen-bond donors (Lipinski definition) is 0. The van der Waals surface area contributed by atoms with Crippen LogP contribution in [0.3, 0.4) is 0 Å². The molecule has 0 aliphatic heterocycles. The second-order valence-electron chi connectivity index (χ2n) is 1.65. The van der Waals surface area contributed by atoms with Crippen molar-refractivity contribution in [3.05, 3.63) is 12.3 Å². The van der Waals surface area contributed by atoms with Gasteiger partial charge in [-0.2, -0.15) is 0 Å². The molecule has 8 heavy (non-hydrogen) atoms. The first-order valence-corrected chi connectivity index (χ1v) is 2.54. The molecule has 0 bridgehead atoms. The fraction of sp³-hybridized carbons (Fsp3) is 0.429. The highest BCUT2D eigenvalue weighted by Gasteiger charge is 1.82. The van der Waals surface area contributed by atoms with Crippen LogP contribution in [0.25, 0.3) is 0 Å². The quantitative estimate of drug-likeness (QED) is 0.387. The van der Waals surface area contributed by atoms with Crippen molar-refractivity contribution in [2.75, 3.05) is 0 Å². The van der Waals surface area contributed by atoms with Gasteiger partial charge in [0.1, 0.15) is 0 Å². The van der Waals surface area contributed by atoms with Crippen molar-refractivity contribution in [2.24, 2.45) is 0 Å². The topological polar surface area (TPSA) is 9.23 Å². The summed E-state index contributed by atoms with van der Waals surface area (Å²) in [7, 11) is 0. The molecular formula is C7H10O. The maximum Gasteiger partial charge on any atom is 0.0922 e. The molecule has 0 aromatic carbocycles. The smallest absolute Gasteiger partial charge is 0.0922 e. The maximum absolute atomic E-state index is 4.96. The Morgan fingerprint density at radius 1 is 1.62 bits per heavy atom. The molecule has 1 heteroatoms. The zero-order valence-electron chi connectivity index (χ0n) is 5.22. The lowest BCUT2D eigenvalue weighted by molar-refractivity contribution is 0.179. The number of ether oxygens (including phenoxy) is 1. The molecular weight excluding hydrogens is 100 g/mol.